The first kappa shape index (κ1) is 14.2. The number of hydrogen-bond donors (Lipinski definition) is 1. The Kier molecular flexibility index (Phi) is 4.03. The molecule has 100 valence electrons. The highest BCUT2D eigenvalue weighted by Crippen LogP contribution is 2.40. The van der Waals surface area contributed by atoms with E-state index in [2.05, 4.69) is 4.74 Å². The van der Waals surface area contributed by atoms with Gasteiger partial charge in [-0.1, -0.05) is 0 Å². The standard InChI is InChI=1S/C10H17F3N2O2/c1-15-4-3-7(14)9(6-15,8(16)17-2)5-10(11,12)13/h7H,3-6,14H2,1-2H3. The molecule has 0 bridgehead atoms. The van der Waals surface area contributed by atoms with Crippen molar-refractivity contribution in [3.63, 3.8) is 0 Å². The largest absolute Gasteiger partial charge is 0.469 e. The van der Waals surface area contributed by atoms with Gasteiger partial charge in [-0.15, -0.1) is 0 Å². The zero-order chi connectivity index (χ0) is 13.3. The summed E-state index contributed by atoms with van der Waals surface area (Å²) in [5.41, 5.74) is 4.05. The second-order valence-electron chi connectivity index (χ2n) is 4.57. The summed E-state index contributed by atoms with van der Waals surface area (Å²) in [7, 11) is 2.75. The molecule has 1 fully saturated rings. The monoisotopic (exact) mass is 254 g/mol. The Morgan fingerprint density at radius 1 is 1.59 bits per heavy atom. The molecule has 7 heteroatoms. The Hall–Kier alpha value is -0.820. The maximum absolute atomic E-state index is 12.6. The molecule has 0 radical (unpaired) electrons. The Bertz CT molecular complexity index is 296. The van der Waals surface area contributed by atoms with E-state index in [-0.39, 0.29) is 6.54 Å². The molecule has 17 heavy (non-hydrogen) atoms. The van der Waals surface area contributed by atoms with Gasteiger partial charge in [0.1, 0.15) is 5.41 Å². The quantitative estimate of drug-likeness (QED) is 0.739. The minimum Gasteiger partial charge on any atom is -0.469 e. The molecule has 2 N–H and O–H groups in total. The normalized spacial score (nSPS) is 31.3. The number of ether oxygens (including phenoxy) is 1. The summed E-state index contributed by atoms with van der Waals surface area (Å²) in [4.78, 5) is 13.4. The van der Waals surface area contributed by atoms with E-state index in [4.69, 9.17) is 5.73 Å². The number of likely N-dealkylation sites (tertiary alicyclic amines) is 1. The molecule has 0 saturated carbocycles. The van der Waals surface area contributed by atoms with Gasteiger partial charge >= 0.3 is 12.1 Å². The fraction of sp³-hybridized carbons (Fsp3) is 0.900. The fourth-order valence-corrected chi connectivity index (χ4v) is 2.35. The Balaban J connectivity index is 3.03. The molecule has 0 aliphatic carbocycles. The van der Waals surface area contributed by atoms with E-state index >= 15 is 0 Å². The van der Waals surface area contributed by atoms with E-state index in [1.165, 1.54) is 0 Å². The van der Waals surface area contributed by atoms with Gasteiger partial charge in [-0.2, -0.15) is 13.2 Å². The predicted molar refractivity (Wildman–Crippen MR) is 55.2 cm³/mol. The van der Waals surface area contributed by atoms with Crippen LogP contribution in [0.15, 0.2) is 0 Å². The van der Waals surface area contributed by atoms with Crippen molar-refractivity contribution in [2.75, 3.05) is 27.2 Å². The number of piperidine rings is 1. The zero-order valence-corrected chi connectivity index (χ0v) is 9.88. The molecule has 1 aliphatic rings. The number of carbonyl (C=O) groups is 1. The summed E-state index contributed by atoms with van der Waals surface area (Å²) >= 11 is 0. The lowest BCUT2D eigenvalue weighted by atomic mass is 9.73. The Morgan fingerprint density at radius 2 is 2.18 bits per heavy atom. The molecule has 2 unspecified atom stereocenters. The molecule has 0 aromatic carbocycles. The average Bonchev–Trinajstić information content (AvgIpc) is 2.20. The molecule has 1 heterocycles. The first-order chi connectivity index (χ1) is 7.71. The van der Waals surface area contributed by atoms with E-state index in [0.717, 1.165) is 7.11 Å². The molecule has 1 rings (SSSR count). The SMILES string of the molecule is COC(=O)C1(CC(F)(F)F)CN(C)CCC1N. The van der Waals surface area contributed by atoms with Crippen LogP contribution in [0.25, 0.3) is 0 Å². The van der Waals surface area contributed by atoms with Crippen molar-refractivity contribution in [3.8, 4) is 0 Å². The van der Waals surface area contributed by atoms with Gasteiger partial charge in [0.25, 0.3) is 0 Å². The van der Waals surface area contributed by atoms with Gasteiger partial charge in [-0.25, -0.2) is 0 Å². The second-order valence-corrected chi connectivity index (χ2v) is 4.57. The van der Waals surface area contributed by atoms with E-state index in [9.17, 15) is 18.0 Å². The van der Waals surface area contributed by atoms with Crippen molar-refractivity contribution in [1.82, 2.24) is 4.90 Å². The van der Waals surface area contributed by atoms with Gasteiger partial charge in [0.05, 0.1) is 13.5 Å². The summed E-state index contributed by atoms with van der Waals surface area (Å²) in [5, 5.41) is 0. The van der Waals surface area contributed by atoms with Gasteiger partial charge in [0.15, 0.2) is 0 Å². The molecule has 0 amide bonds. The Labute approximate surface area is 97.9 Å². The molecule has 0 aromatic heterocycles. The number of nitrogens with zero attached hydrogens (tertiary/aromatic N) is 1. The number of rotatable bonds is 2. The highest BCUT2D eigenvalue weighted by Gasteiger charge is 2.54. The van der Waals surface area contributed by atoms with Crippen molar-refractivity contribution in [3.05, 3.63) is 0 Å². The number of hydrogen-bond acceptors (Lipinski definition) is 4. The third-order valence-corrected chi connectivity index (χ3v) is 3.19. The highest BCUT2D eigenvalue weighted by atomic mass is 19.4. The second kappa shape index (κ2) is 4.81. The lowest BCUT2D eigenvalue weighted by Crippen LogP contribution is -2.60. The van der Waals surface area contributed by atoms with Gasteiger partial charge < -0.3 is 15.4 Å². The summed E-state index contributed by atoms with van der Waals surface area (Å²) in [5.74, 6) is -0.881. The first-order valence-electron chi connectivity index (χ1n) is 5.30. The maximum Gasteiger partial charge on any atom is 0.390 e. The third kappa shape index (κ3) is 3.10. The van der Waals surface area contributed by atoms with Crippen LogP contribution in [0.5, 0.6) is 0 Å². The number of esters is 1. The zero-order valence-electron chi connectivity index (χ0n) is 9.88. The maximum atomic E-state index is 12.6. The molecule has 4 nitrogen and oxygen atoms in total. The van der Waals surface area contributed by atoms with Crippen LogP contribution >= 0.6 is 0 Å². The number of alkyl halides is 3. The van der Waals surface area contributed by atoms with Crippen molar-refractivity contribution >= 4 is 5.97 Å². The number of halogens is 3. The first-order valence-corrected chi connectivity index (χ1v) is 5.30. The Morgan fingerprint density at radius 3 is 2.65 bits per heavy atom. The average molecular weight is 254 g/mol. The topological polar surface area (TPSA) is 55.6 Å². The van der Waals surface area contributed by atoms with Crippen LogP contribution in [-0.2, 0) is 9.53 Å². The van der Waals surface area contributed by atoms with Crippen LogP contribution in [0.3, 0.4) is 0 Å². The minimum atomic E-state index is -4.44. The molecule has 1 aliphatic heterocycles. The number of methoxy groups -OCH3 is 1. The van der Waals surface area contributed by atoms with Crippen LogP contribution in [0.1, 0.15) is 12.8 Å². The number of carbonyl (C=O) groups excluding carboxylic acids is 1. The summed E-state index contributed by atoms with van der Waals surface area (Å²) in [6.45, 7) is 0.554. The predicted octanol–water partition coefficient (Wildman–Crippen LogP) is 0.761. The van der Waals surface area contributed by atoms with Crippen LogP contribution in [0, 0.1) is 5.41 Å². The van der Waals surface area contributed by atoms with Crippen LogP contribution < -0.4 is 5.73 Å². The molecular weight excluding hydrogens is 237 g/mol. The summed E-state index contributed by atoms with van der Waals surface area (Å²) in [6.07, 6.45) is -5.33. The van der Waals surface area contributed by atoms with Crippen molar-refractivity contribution in [2.45, 2.75) is 25.1 Å². The van der Waals surface area contributed by atoms with Crippen LogP contribution in [0.2, 0.25) is 0 Å². The molecule has 0 spiro atoms. The van der Waals surface area contributed by atoms with Gasteiger partial charge in [-0.05, 0) is 20.0 Å². The van der Waals surface area contributed by atoms with Crippen molar-refractivity contribution in [1.29, 1.82) is 0 Å². The molecule has 2 atom stereocenters. The lowest BCUT2D eigenvalue weighted by molar-refractivity contribution is -0.189. The summed E-state index contributed by atoms with van der Waals surface area (Å²) in [6, 6.07) is -0.826. The fourth-order valence-electron chi connectivity index (χ4n) is 2.35. The third-order valence-electron chi connectivity index (χ3n) is 3.19. The molecule has 1 saturated heterocycles. The lowest BCUT2D eigenvalue weighted by Gasteiger charge is -2.43. The highest BCUT2D eigenvalue weighted by molar-refractivity contribution is 5.78. The van der Waals surface area contributed by atoms with Gasteiger partial charge in [0.2, 0.25) is 0 Å². The van der Waals surface area contributed by atoms with Crippen molar-refractivity contribution < 1.29 is 22.7 Å². The minimum absolute atomic E-state index is 0.0274. The summed E-state index contributed by atoms with van der Waals surface area (Å²) < 4.78 is 42.3. The van der Waals surface area contributed by atoms with Crippen LogP contribution in [0.4, 0.5) is 13.2 Å². The van der Waals surface area contributed by atoms with Gasteiger partial charge in [-0.3, -0.25) is 4.79 Å². The van der Waals surface area contributed by atoms with Crippen LogP contribution in [-0.4, -0.2) is 50.3 Å². The van der Waals surface area contributed by atoms with Gasteiger partial charge in [0, 0.05) is 12.6 Å². The van der Waals surface area contributed by atoms with Crippen molar-refractivity contribution in [2.24, 2.45) is 11.1 Å². The smallest absolute Gasteiger partial charge is 0.390 e. The van der Waals surface area contributed by atoms with E-state index < -0.39 is 30.0 Å². The van der Waals surface area contributed by atoms with E-state index in [1.54, 1.807) is 11.9 Å². The molecular formula is C10H17F3N2O2. The van der Waals surface area contributed by atoms with E-state index in [1.807, 2.05) is 0 Å². The number of nitrogens with two attached hydrogens (primary N) is 1. The van der Waals surface area contributed by atoms with E-state index in [0.29, 0.717) is 13.0 Å². The molecule has 0 aromatic rings.